The van der Waals surface area contributed by atoms with Crippen molar-refractivity contribution in [2.75, 3.05) is 13.6 Å². The predicted octanol–water partition coefficient (Wildman–Crippen LogP) is 3.29. The van der Waals surface area contributed by atoms with Crippen LogP contribution in [0.2, 0.25) is 0 Å². The number of hydrogen-bond acceptors (Lipinski definition) is 3. The third-order valence-electron chi connectivity index (χ3n) is 4.39. The normalized spacial score (nSPS) is 26.0. The van der Waals surface area contributed by atoms with Crippen molar-refractivity contribution in [3.05, 3.63) is 15.6 Å². The van der Waals surface area contributed by atoms with Crippen LogP contribution >= 0.6 is 11.3 Å². The van der Waals surface area contributed by atoms with Crippen LogP contribution in [0.4, 0.5) is 0 Å². The lowest BCUT2D eigenvalue weighted by molar-refractivity contribution is 0.255. The molecule has 124 valence electrons. The summed E-state index contributed by atoms with van der Waals surface area (Å²) in [5.41, 5.74) is 1.17. The van der Waals surface area contributed by atoms with Crippen LogP contribution in [0.1, 0.15) is 48.7 Å². The minimum absolute atomic E-state index is 0.553. The van der Waals surface area contributed by atoms with Crippen molar-refractivity contribution in [3.8, 4) is 0 Å². The number of aryl methyl sites for hydroxylation is 2. The van der Waals surface area contributed by atoms with Crippen molar-refractivity contribution in [2.45, 2.75) is 59.4 Å². The molecule has 2 atom stereocenters. The first-order chi connectivity index (χ1) is 10.5. The summed E-state index contributed by atoms with van der Waals surface area (Å²) >= 11 is 1.80. The molecule has 0 aromatic carbocycles. The Morgan fingerprint density at radius 1 is 1.23 bits per heavy atom. The SMILES string of the molecule is CN=C(NCCc1sc(C)nc1C)NC1CC(C)CC(C)C1. The van der Waals surface area contributed by atoms with E-state index in [4.69, 9.17) is 0 Å². The second-order valence-corrected chi connectivity index (χ2v) is 8.04. The first-order valence-corrected chi connectivity index (χ1v) is 9.19. The molecular weight excluding hydrogens is 292 g/mol. The Bertz CT molecular complexity index is 499. The van der Waals surface area contributed by atoms with Crippen molar-refractivity contribution in [1.82, 2.24) is 15.6 Å². The second-order valence-electron chi connectivity index (χ2n) is 6.75. The molecule has 1 aromatic rings. The first kappa shape index (κ1) is 17.3. The standard InChI is InChI=1S/C17H30N4S/c1-11-8-12(2)10-15(9-11)21-17(18-5)19-7-6-16-13(3)20-14(4)22-16/h11-12,15H,6-10H2,1-5H3,(H2,18,19,21). The van der Waals surface area contributed by atoms with Gasteiger partial charge in [-0.05, 0) is 44.9 Å². The number of aliphatic imine (C=N–C) groups is 1. The van der Waals surface area contributed by atoms with Crippen molar-refractivity contribution in [3.63, 3.8) is 0 Å². The molecule has 2 N–H and O–H groups in total. The quantitative estimate of drug-likeness (QED) is 0.660. The van der Waals surface area contributed by atoms with Gasteiger partial charge in [0.2, 0.25) is 0 Å². The van der Waals surface area contributed by atoms with Gasteiger partial charge in [0.15, 0.2) is 5.96 Å². The fourth-order valence-electron chi connectivity index (χ4n) is 3.55. The zero-order valence-electron chi connectivity index (χ0n) is 14.6. The first-order valence-electron chi connectivity index (χ1n) is 8.38. The lowest BCUT2D eigenvalue weighted by Crippen LogP contribution is -2.46. The van der Waals surface area contributed by atoms with E-state index in [0.717, 1.165) is 35.8 Å². The molecule has 5 heteroatoms. The monoisotopic (exact) mass is 322 g/mol. The highest BCUT2D eigenvalue weighted by molar-refractivity contribution is 7.11. The minimum Gasteiger partial charge on any atom is -0.356 e. The average Bonchev–Trinajstić information content (AvgIpc) is 2.74. The molecule has 1 fully saturated rings. The smallest absolute Gasteiger partial charge is 0.191 e. The Morgan fingerprint density at radius 2 is 1.91 bits per heavy atom. The Kier molecular flexibility index (Phi) is 6.24. The van der Waals surface area contributed by atoms with Gasteiger partial charge in [0.1, 0.15) is 0 Å². The van der Waals surface area contributed by atoms with E-state index < -0.39 is 0 Å². The molecule has 1 aliphatic carbocycles. The van der Waals surface area contributed by atoms with E-state index in [1.54, 1.807) is 11.3 Å². The van der Waals surface area contributed by atoms with Gasteiger partial charge in [-0.25, -0.2) is 4.98 Å². The Labute approximate surface area is 138 Å². The summed E-state index contributed by atoms with van der Waals surface area (Å²) in [6.45, 7) is 9.78. The summed E-state index contributed by atoms with van der Waals surface area (Å²) in [6, 6.07) is 0.553. The van der Waals surface area contributed by atoms with Crippen molar-refractivity contribution in [1.29, 1.82) is 0 Å². The molecule has 1 aromatic heterocycles. The number of guanidine groups is 1. The van der Waals surface area contributed by atoms with Crippen molar-refractivity contribution >= 4 is 17.3 Å². The summed E-state index contributed by atoms with van der Waals surface area (Å²) in [6.07, 6.45) is 4.86. The third-order valence-corrected chi connectivity index (χ3v) is 5.52. The topological polar surface area (TPSA) is 49.3 Å². The average molecular weight is 323 g/mol. The number of hydrogen-bond donors (Lipinski definition) is 2. The number of nitrogens with zero attached hydrogens (tertiary/aromatic N) is 2. The molecule has 0 aliphatic heterocycles. The van der Waals surface area contributed by atoms with Crippen molar-refractivity contribution in [2.24, 2.45) is 16.8 Å². The van der Waals surface area contributed by atoms with Gasteiger partial charge in [-0.2, -0.15) is 0 Å². The molecule has 2 unspecified atom stereocenters. The molecule has 2 rings (SSSR count). The highest BCUT2D eigenvalue weighted by atomic mass is 32.1. The highest BCUT2D eigenvalue weighted by Crippen LogP contribution is 2.28. The molecule has 0 spiro atoms. The van der Waals surface area contributed by atoms with Gasteiger partial charge in [-0.3, -0.25) is 4.99 Å². The van der Waals surface area contributed by atoms with Gasteiger partial charge in [0, 0.05) is 30.9 Å². The van der Waals surface area contributed by atoms with Crippen LogP contribution in [0.25, 0.3) is 0 Å². The lowest BCUT2D eigenvalue weighted by Gasteiger charge is -2.32. The Hall–Kier alpha value is -1.10. The van der Waals surface area contributed by atoms with Gasteiger partial charge >= 0.3 is 0 Å². The summed E-state index contributed by atoms with van der Waals surface area (Å²) in [5.74, 6) is 2.55. The fraction of sp³-hybridized carbons (Fsp3) is 0.765. The van der Waals surface area contributed by atoms with E-state index in [1.807, 2.05) is 7.05 Å². The molecule has 0 amide bonds. The lowest BCUT2D eigenvalue weighted by atomic mass is 9.80. The molecule has 0 bridgehead atoms. The second kappa shape index (κ2) is 7.95. The van der Waals surface area contributed by atoms with E-state index in [0.29, 0.717) is 6.04 Å². The van der Waals surface area contributed by atoms with Crippen LogP contribution in [-0.2, 0) is 6.42 Å². The number of nitrogens with one attached hydrogen (secondary N) is 2. The predicted molar refractivity (Wildman–Crippen MR) is 95.8 cm³/mol. The van der Waals surface area contributed by atoms with Gasteiger partial charge in [0.05, 0.1) is 10.7 Å². The van der Waals surface area contributed by atoms with Crippen LogP contribution in [0.3, 0.4) is 0 Å². The summed E-state index contributed by atoms with van der Waals surface area (Å²) < 4.78 is 0. The maximum atomic E-state index is 4.48. The third kappa shape index (κ3) is 4.97. The Morgan fingerprint density at radius 3 is 2.45 bits per heavy atom. The molecule has 0 saturated heterocycles. The van der Waals surface area contributed by atoms with E-state index in [1.165, 1.54) is 29.8 Å². The van der Waals surface area contributed by atoms with Gasteiger partial charge in [0.25, 0.3) is 0 Å². The molecular formula is C17H30N4S. The van der Waals surface area contributed by atoms with Crippen LogP contribution < -0.4 is 10.6 Å². The fourth-order valence-corrected chi connectivity index (χ4v) is 4.49. The largest absolute Gasteiger partial charge is 0.356 e. The zero-order chi connectivity index (χ0) is 16.1. The molecule has 1 aliphatic rings. The van der Waals surface area contributed by atoms with E-state index in [-0.39, 0.29) is 0 Å². The number of rotatable bonds is 4. The van der Waals surface area contributed by atoms with Crippen LogP contribution in [0.5, 0.6) is 0 Å². The van der Waals surface area contributed by atoms with Crippen LogP contribution in [0, 0.1) is 25.7 Å². The van der Waals surface area contributed by atoms with Crippen LogP contribution in [0.15, 0.2) is 4.99 Å². The molecule has 1 heterocycles. The van der Waals surface area contributed by atoms with E-state index in [2.05, 4.69) is 48.3 Å². The van der Waals surface area contributed by atoms with E-state index >= 15 is 0 Å². The van der Waals surface area contributed by atoms with E-state index in [9.17, 15) is 0 Å². The number of aromatic nitrogens is 1. The summed E-state index contributed by atoms with van der Waals surface area (Å²) in [5, 5.41) is 8.20. The van der Waals surface area contributed by atoms with Crippen molar-refractivity contribution < 1.29 is 0 Å². The highest BCUT2D eigenvalue weighted by Gasteiger charge is 2.24. The number of thiazole rings is 1. The Balaban J connectivity index is 1.79. The molecule has 22 heavy (non-hydrogen) atoms. The maximum Gasteiger partial charge on any atom is 0.191 e. The van der Waals surface area contributed by atoms with Crippen LogP contribution in [-0.4, -0.2) is 30.6 Å². The molecule has 0 radical (unpaired) electrons. The van der Waals surface area contributed by atoms with Gasteiger partial charge in [-0.1, -0.05) is 13.8 Å². The molecule has 1 saturated carbocycles. The maximum absolute atomic E-state index is 4.48. The zero-order valence-corrected chi connectivity index (χ0v) is 15.4. The van der Waals surface area contributed by atoms with Gasteiger partial charge in [-0.15, -0.1) is 11.3 Å². The molecule has 4 nitrogen and oxygen atoms in total. The van der Waals surface area contributed by atoms with Gasteiger partial charge < -0.3 is 10.6 Å². The summed E-state index contributed by atoms with van der Waals surface area (Å²) in [4.78, 5) is 10.2. The minimum atomic E-state index is 0.553. The summed E-state index contributed by atoms with van der Waals surface area (Å²) in [7, 11) is 1.85.